The maximum Gasteiger partial charge on any atom is 0.240 e. The van der Waals surface area contributed by atoms with Crippen molar-refractivity contribution in [1.82, 2.24) is 4.72 Å². The molecule has 0 amide bonds. The summed E-state index contributed by atoms with van der Waals surface area (Å²) >= 11 is 0. The molecule has 5 nitrogen and oxygen atoms in total. The van der Waals surface area contributed by atoms with Gasteiger partial charge in [0.25, 0.3) is 0 Å². The van der Waals surface area contributed by atoms with E-state index in [1.165, 1.54) is 6.07 Å². The minimum absolute atomic E-state index is 0.0307. The van der Waals surface area contributed by atoms with Crippen molar-refractivity contribution < 1.29 is 17.9 Å². The number of nitrogens with two attached hydrogens (primary N) is 1. The first-order valence-electron chi connectivity index (χ1n) is 5.94. The van der Waals surface area contributed by atoms with Gasteiger partial charge in [-0.3, -0.25) is 0 Å². The molecule has 1 rings (SSSR count). The van der Waals surface area contributed by atoms with Gasteiger partial charge in [-0.05, 0) is 30.5 Å². The van der Waals surface area contributed by atoms with E-state index in [-0.39, 0.29) is 23.0 Å². The van der Waals surface area contributed by atoms with E-state index in [0.29, 0.717) is 6.42 Å². The molecule has 108 valence electrons. The fraction of sp³-hybridized carbons (Fsp3) is 0.500. The minimum atomic E-state index is -3.87. The lowest BCUT2D eigenvalue weighted by Crippen LogP contribution is -2.32. The van der Waals surface area contributed by atoms with E-state index < -0.39 is 21.9 Å². The molecule has 1 aromatic carbocycles. The number of hydrogen-bond donors (Lipinski definition) is 3. The average Bonchev–Trinajstić information content (AvgIpc) is 2.24. The highest BCUT2D eigenvalue weighted by Crippen LogP contribution is 2.15. The number of aliphatic hydroxyl groups excluding tert-OH is 1. The molecule has 1 unspecified atom stereocenters. The zero-order valence-electron chi connectivity index (χ0n) is 10.9. The Morgan fingerprint density at radius 2 is 2.00 bits per heavy atom. The SMILES string of the molecule is CC(C)CC(O)CNS(=O)(=O)c1cc(N)cc(F)c1. The maximum atomic E-state index is 13.1. The molecule has 0 radical (unpaired) electrons. The Bertz CT molecular complexity index is 512. The van der Waals surface area contributed by atoms with Gasteiger partial charge in [0.2, 0.25) is 10.0 Å². The summed E-state index contributed by atoms with van der Waals surface area (Å²) in [6.07, 6.45) is -0.297. The molecule has 0 saturated carbocycles. The summed E-state index contributed by atoms with van der Waals surface area (Å²) in [6, 6.07) is 3.08. The first kappa shape index (κ1) is 15.9. The van der Waals surface area contributed by atoms with E-state index in [2.05, 4.69) is 4.72 Å². The van der Waals surface area contributed by atoms with Crippen LogP contribution in [0.25, 0.3) is 0 Å². The number of hydrogen-bond acceptors (Lipinski definition) is 4. The van der Waals surface area contributed by atoms with Crippen molar-refractivity contribution in [1.29, 1.82) is 0 Å². The van der Waals surface area contributed by atoms with Gasteiger partial charge in [-0.15, -0.1) is 0 Å². The lowest BCUT2D eigenvalue weighted by Gasteiger charge is -2.14. The van der Waals surface area contributed by atoms with Crippen LogP contribution in [0.4, 0.5) is 10.1 Å². The summed E-state index contributed by atoms with van der Waals surface area (Å²) in [5.41, 5.74) is 5.43. The monoisotopic (exact) mass is 290 g/mol. The Morgan fingerprint density at radius 1 is 1.37 bits per heavy atom. The largest absolute Gasteiger partial charge is 0.399 e. The molecular formula is C12H19FN2O3S. The number of rotatable bonds is 6. The predicted octanol–water partition coefficient (Wildman–Crippen LogP) is 1.09. The fourth-order valence-electron chi connectivity index (χ4n) is 1.66. The molecule has 19 heavy (non-hydrogen) atoms. The van der Waals surface area contributed by atoms with Crippen molar-refractivity contribution in [2.45, 2.75) is 31.3 Å². The van der Waals surface area contributed by atoms with Crippen LogP contribution in [-0.2, 0) is 10.0 Å². The van der Waals surface area contributed by atoms with E-state index in [4.69, 9.17) is 5.73 Å². The van der Waals surface area contributed by atoms with E-state index in [0.717, 1.165) is 12.1 Å². The molecule has 0 saturated heterocycles. The Labute approximate surface area is 112 Å². The number of benzene rings is 1. The number of anilines is 1. The third-order valence-electron chi connectivity index (χ3n) is 2.46. The van der Waals surface area contributed by atoms with Gasteiger partial charge in [0.1, 0.15) is 5.82 Å². The highest BCUT2D eigenvalue weighted by atomic mass is 32.2. The topological polar surface area (TPSA) is 92.4 Å². The molecule has 0 heterocycles. The Kier molecular flexibility index (Phi) is 5.28. The molecule has 0 aliphatic heterocycles. The first-order valence-corrected chi connectivity index (χ1v) is 7.43. The van der Waals surface area contributed by atoms with Crippen LogP contribution in [0.5, 0.6) is 0 Å². The van der Waals surface area contributed by atoms with Gasteiger partial charge in [0, 0.05) is 12.2 Å². The number of halogens is 1. The van der Waals surface area contributed by atoms with Crippen LogP contribution < -0.4 is 10.5 Å². The zero-order chi connectivity index (χ0) is 14.6. The Hall–Kier alpha value is -1.18. The van der Waals surface area contributed by atoms with Gasteiger partial charge < -0.3 is 10.8 Å². The first-order chi connectivity index (χ1) is 8.70. The van der Waals surface area contributed by atoms with Crippen LogP contribution in [-0.4, -0.2) is 26.2 Å². The second-order valence-electron chi connectivity index (χ2n) is 4.86. The van der Waals surface area contributed by atoms with Crippen LogP contribution in [0.1, 0.15) is 20.3 Å². The van der Waals surface area contributed by atoms with Gasteiger partial charge >= 0.3 is 0 Å². The molecule has 0 bridgehead atoms. The summed E-state index contributed by atoms with van der Waals surface area (Å²) in [5.74, 6) is -0.465. The van der Waals surface area contributed by atoms with Crippen LogP contribution in [0.15, 0.2) is 23.1 Å². The molecule has 0 aliphatic rings. The Balaban J connectivity index is 2.76. The predicted molar refractivity (Wildman–Crippen MR) is 71.5 cm³/mol. The number of nitrogens with one attached hydrogen (secondary N) is 1. The lowest BCUT2D eigenvalue weighted by molar-refractivity contribution is 0.152. The van der Waals surface area contributed by atoms with Gasteiger partial charge in [0.15, 0.2) is 0 Å². The summed E-state index contributed by atoms with van der Waals surface area (Å²) < 4.78 is 39.1. The molecule has 0 aromatic heterocycles. The molecule has 7 heteroatoms. The quantitative estimate of drug-likeness (QED) is 0.684. The summed E-state index contributed by atoms with van der Waals surface area (Å²) in [7, 11) is -3.87. The zero-order valence-corrected chi connectivity index (χ0v) is 11.7. The molecule has 0 fully saturated rings. The van der Waals surface area contributed by atoms with Crippen molar-refractivity contribution in [3.8, 4) is 0 Å². The van der Waals surface area contributed by atoms with Crippen LogP contribution in [0.3, 0.4) is 0 Å². The summed E-state index contributed by atoms with van der Waals surface area (Å²) in [5, 5.41) is 9.61. The molecule has 0 aliphatic carbocycles. The normalized spacial score (nSPS) is 13.7. The second kappa shape index (κ2) is 6.31. The van der Waals surface area contributed by atoms with Crippen LogP contribution >= 0.6 is 0 Å². The van der Waals surface area contributed by atoms with Gasteiger partial charge in [-0.25, -0.2) is 17.5 Å². The number of aliphatic hydroxyl groups is 1. The van der Waals surface area contributed by atoms with Crippen molar-refractivity contribution in [3.05, 3.63) is 24.0 Å². The number of nitrogen functional groups attached to an aromatic ring is 1. The fourth-order valence-corrected chi connectivity index (χ4v) is 2.79. The molecule has 0 spiro atoms. The average molecular weight is 290 g/mol. The molecule has 4 N–H and O–H groups in total. The lowest BCUT2D eigenvalue weighted by atomic mass is 10.1. The van der Waals surface area contributed by atoms with Crippen molar-refractivity contribution in [2.75, 3.05) is 12.3 Å². The van der Waals surface area contributed by atoms with Crippen LogP contribution in [0, 0.1) is 11.7 Å². The van der Waals surface area contributed by atoms with Gasteiger partial charge in [-0.1, -0.05) is 13.8 Å². The number of sulfonamides is 1. The van der Waals surface area contributed by atoms with Crippen molar-refractivity contribution in [3.63, 3.8) is 0 Å². The highest BCUT2D eigenvalue weighted by Gasteiger charge is 2.17. The molecule has 1 aromatic rings. The van der Waals surface area contributed by atoms with Gasteiger partial charge in [-0.2, -0.15) is 0 Å². The molecule has 1 atom stereocenters. The van der Waals surface area contributed by atoms with Crippen LogP contribution in [0.2, 0.25) is 0 Å². The van der Waals surface area contributed by atoms with E-state index in [1.54, 1.807) is 0 Å². The van der Waals surface area contributed by atoms with Crippen molar-refractivity contribution >= 4 is 15.7 Å². The second-order valence-corrected chi connectivity index (χ2v) is 6.62. The van der Waals surface area contributed by atoms with Gasteiger partial charge in [0.05, 0.1) is 11.0 Å². The maximum absolute atomic E-state index is 13.1. The van der Waals surface area contributed by atoms with E-state index >= 15 is 0 Å². The van der Waals surface area contributed by atoms with E-state index in [9.17, 15) is 17.9 Å². The molecular weight excluding hydrogens is 271 g/mol. The standard InChI is InChI=1S/C12H19FN2O3S/c1-8(2)3-11(16)7-15-19(17,18)12-5-9(13)4-10(14)6-12/h4-6,8,11,15-16H,3,7,14H2,1-2H3. The summed E-state index contributed by atoms with van der Waals surface area (Å²) in [4.78, 5) is -0.248. The third-order valence-corrected chi connectivity index (χ3v) is 3.86. The summed E-state index contributed by atoms with van der Waals surface area (Å²) in [6.45, 7) is 3.73. The minimum Gasteiger partial charge on any atom is -0.399 e. The van der Waals surface area contributed by atoms with E-state index in [1.807, 2.05) is 13.8 Å². The smallest absolute Gasteiger partial charge is 0.240 e. The third kappa shape index (κ3) is 5.14. The van der Waals surface area contributed by atoms with Crippen molar-refractivity contribution in [2.24, 2.45) is 5.92 Å². The highest BCUT2D eigenvalue weighted by molar-refractivity contribution is 7.89. The Morgan fingerprint density at radius 3 is 2.53 bits per heavy atom.